The second-order valence-corrected chi connectivity index (χ2v) is 3.81. The van der Waals surface area contributed by atoms with Crippen LogP contribution in [0.2, 0.25) is 0 Å². The van der Waals surface area contributed by atoms with Crippen LogP contribution in [-0.2, 0) is 0 Å². The van der Waals surface area contributed by atoms with Crippen LogP contribution in [-0.4, -0.2) is 11.5 Å². The van der Waals surface area contributed by atoms with Crippen LogP contribution in [0.25, 0.3) is 0 Å². The van der Waals surface area contributed by atoms with E-state index >= 15 is 0 Å². The molecule has 1 aromatic carbocycles. The Hall–Kier alpha value is -2.31. The number of benzene rings is 1. The number of halogens is 4. The van der Waals surface area contributed by atoms with Gasteiger partial charge in [0.25, 0.3) is 5.88 Å². The highest BCUT2D eigenvalue weighted by Gasteiger charge is 2.15. The molecule has 2 aromatic rings. The van der Waals surface area contributed by atoms with E-state index in [1.54, 1.807) is 6.92 Å². The van der Waals surface area contributed by atoms with E-state index in [9.17, 15) is 17.6 Å². The van der Waals surface area contributed by atoms with Crippen LogP contribution in [0.5, 0.6) is 11.6 Å². The van der Waals surface area contributed by atoms with E-state index in [2.05, 4.69) is 10.3 Å². The van der Waals surface area contributed by atoms with Gasteiger partial charge in [-0.15, -0.1) is 0 Å². The van der Waals surface area contributed by atoms with Gasteiger partial charge in [-0.1, -0.05) is 0 Å². The lowest BCUT2D eigenvalue weighted by Crippen LogP contribution is -2.05. The summed E-state index contributed by atoms with van der Waals surface area (Å²) in [6.07, 6.45) is 0. The van der Waals surface area contributed by atoms with E-state index < -0.39 is 34.9 Å². The average molecular weight is 286 g/mol. The zero-order valence-electron chi connectivity index (χ0n) is 10.4. The maximum absolute atomic E-state index is 13.5. The van der Waals surface area contributed by atoms with Crippen LogP contribution >= 0.6 is 0 Å². The van der Waals surface area contributed by atoms with Gasteiger partial charge in [-0.05, 0) is 19.1 Å². The van der Waals surface area contributed by atoms with Gasteiger partial charge in [-0.25, -0.2) is 17.6 Å². The second kappa shape index (κ2) is 5.77. The molecule has 106 valence electrons. The Balaban J connectivity index is 2.35. The molecule has 0 saturated heterocycles. The molecule has 0 bridgehead atoms. The predicted molar refractivity (Wildman–Crippen MR) is 64.7 cm³/mol. The van der Waals surface area contributed by atoms with Gasteiger partial charge in [0.15, 0.2) is 29.0 Å². The van der Waals surface area contributed by atoms with Crippen LogP contribution in [0.1, 0.15) is 6.92 Å². The first-order valence-corrected chi connectivity index (χ1v) is 5.74. The Bertz CT molecular complexity index is 634. The number of rotatable bonds is 4. The molecule has 0 aliphatic heterocycles. The van der Waals surface area contributed by atoms with Crippen molar-refractivity contribution in [1.82, 2.24) is 4.98 Å². The Morgan fingerprint density at radius 3 is 2.45 bits per heavy atom. The van der Waals surface area contributed by atoms with E-state index in [4.69, 9.17) is 4.74 Å². The van der Waals surface area contributed by atoms with Crippen LogP contribution in [0.4, 0.5) is 23.4 Å². The summed E-state index contributed by atoms with van der Waals surface area (Å²) in [7, 11) is 0. The molecule has 0 unspecified atom stereocenters. The summed E-state index contributed by atoms with van der Waals surface area (Å²) in [5.74, 6) is -5.02. The number of aromatic nitrogens is 1. The number of anilines is 1. The molecule has 1 aromatic heterocycles. The van der Waals surface area contributed by atoms with E-state index in [0.717, 1.165) is 12.1 Å². The minimum Gasteiger partial charge on any atom is -0.433 e. The van der Waals surface area contributed by atoms with Crippen molar-refractivity contribution in [3.8, 4) is 11.6 Å². The molecule has 0 fully saturated rings. The first-order valence-electron chi connectivity index (χ1n) is 5.74. The standard InChI is InChI=1S/C13H10F4N2O/c1-2-18-12-9(16)6-10(17)13(19-12)20-11-4-3-7(14)5-8(11)15/h3-6H,2H2,1H3,(H,18,19). The fourth-order valence-corrected chi connectivity index (χ4v) is 1.47. The fourth-order valence-electron chi connectivity index (χ4n) is 1.47. The molecule has 20 heavy (non-hydrogen) atoms. The first kappa shape index (κ1) is 14.1. The van der Waals surface area contributed by atoms with Gasteiger partial charge in [0.05, 0.1) is 0 Å². The number of hydrogen-bond donors (Lipinski definition) is 1. The summed E-state index contributed by atoms with van der Waals surface area (Å²) < 4.78 is 57.9. The Morgan fingerprint density at radius 2 is 1.80 bits per heavy atom. The minimum atomic E-state index is -1.09. The van der Waals surface area contributed by atoms with Gasteiger partial charge in [0, 0.05) is 18.7 Å². The molecule has 0 radical (unpaired) electrons. The quantitative estimate of drug-likeness (QED) is 0.866. The molecule has 3 nitrogen and oxygen atoms in total. The molecule has 0 atom stereocenters. The van der Waals surface area contributed by atoms with Crippen LogP contribution in [0.15, 0.2) is 24.3 Å². The van der Waals surface area contributed by atoms with Gasteiger partial charge < -0.3 is 10.1 Å². The Morgan fingerprint density at radius 1 is 1.05 bits per heavy atom. The van der Waals surface area contributed by atoms with E-state index in [1.807, 2.05) is 0 Å². The summed E-state index contributed by atoms with van der Waals surface area (Å²) in [5.41, 5.74) is 0. The maximum Gasteiger partial charge on any atom is 0.258 e. The van der Waals surface area contributed by atoms with Crippen molar-refractivity contribution in [3.63, 3.8) is 0 Å². The lowest BCUT2D eigenvalue weighted by atomic mass is 10.3. The van der Waals surface area contributed by atoms with E-state index in [-0.39, 0.29) is 5.82 Å². The summed E-state index contributed by atoms with van der Waals surface area (Å²) in [5, 5.41) is 2.57. The fraction of sp³-hybridized carbons (Fsp3) is 0.154. The highest BCUT2D eigenvalue weighted by molar-refractivity contribution is 5.41. The van der Waals surface area contributed by atoms with Crippen LogP contribution in [0, 0.1) is 23.3 Å². The summed E-state index contributed by atoms with van der Waals surface area (Å²) in [6.45, 7) is 2.06. The molecule has 0 aliphatic rings. The van der Waals surface area contributed by atoms with Gasteiger partial charge >= 0.3 is 0 Å². The van der Waals surface area contributed by atoms with Crippen molar-refractivity contribution in [1.29, 1.82) is 0 Å². The summed E-state index contributed by atoms with van der Waals surface area (Å²) in [6, 6.07) is 3.09. The second-order valence-electron chi connectivity index (χ2n) is 3.81. The summed E-state index contributed by atoms with van der Waals surface area (Å²) in [4.78, 5) is 3.58. The minimum absolute atomic E-state index is 0.216. The van der Waals surface area contributed by atoms with Crippen LogP contribution < -0.4 is 10.1 Å². The molecule has 0 spiro atoms. The molecular formula is C13H10F4N2O. The van der Waals surface area contributed by atoms with E-state index in [0.29, 0.717) is 18.7 Å². The third kappa shape index (κ3) is 2.98. The normalized spacial score (nSPS) is 10.4. The molecule has 1 heterocycles. The van der Waals surface area contributed by atoms with Crippen LogP contribution in [0.3, 0.4) is 0 Å². The third-order valence-corrected chi connectivity index (χ3v) is 2.34. The highest BCUT2D eigenvalue weighted by Crippen LogP contribution is 2.28. The number of pyridine rings is 1. The van der Waals surface area contributed by atoms with Gasteiger partial charge in [0.1, 0.15) is 5.82 Å². The molecule has 1 N–H and O–H groups in total. The first-order chi connectivity index (χ1) is 9.51. The molecule has 0 amide bonds. The Labute approximate surface area is 112 Å². The molecule has 7 heteroatoms. The van der Waals surface area contributed by atoms with Crippen molar-refractivity contribution in [2.45, 2.75) is 6.92 Å². The van der Waals surface area contributed by atoms with Crippen molar-refractivity contribution >= 4 is 5.82 Å². The topological polar surface area (TPSA) is 34.2 Å². The SMILES string of the molecule is CCNc1nc(Oc2ccc(F)cc2F)c(F)cc1F. The lowest BCUT2D eigenvalue weighted by molar-refractivity contribution is 0.393. The zero-order chi connectivity index (χ0) is 14.7. The molecule has 0 saturated carbocycles. The number of nitrogens with zero attached hydrogens (tertiary/aromatic N) is 1. The Kier molecular flexibility index (Phi) is 4.07. The molecule has 0 aliphatic carbocycles. The lowest BCUT2D eigenvalue weighted by Gasteiger charge is -2.10. The third-order valence-electron chi connectivity index (χ3n) is 2.34. The van der Waals surface area contributed by atoms with Crippen molar-refractivity contribution in [3.05, 3.63) is 47.5 Å². The summed E-state index contributed by atoms with van der Waals surface area (Å²) >= 11 is 0. The van der Waals surface area contributed by atoms with Gasteiger partial charge in [-0.2, -0.15) is 4.98 Å². The van der Waals surface area contributed by atoms with Gasteiger partial charge in [-0.3, -0.25) is 0 Å². The zero-order valence-corrected chi connectivity index (χ0v) is 10.4. The predicted octanol–water partition coefficient (Wildman–Crippen LogP) is 3.86. The van der Waals surface area contributed by atoms with Crippen molar-refractivity contribution in [2.24, 2.45) is 0 Å². The monoisotopic (exact) mass is 286 g/mol. The van der Waals surface area contributed by atoms with Crippen molar-refractivity contribution in [2.75, 3.05) is 11.9 Å². The van der Waals surface area contributed by atoms with Crippen molar-refractivity contribution < 1.29 is 22.3 Å². The number of hydrogen-bond acceptors (Lipinski definition) is 3. The maximum atomic E-state index is 13.5. The smallest absolute Gasteiger partial charge is 0.258 e. The highest BCUT2D eigenvalue weighted by atomic mass is 19.1. The number of nitrogens with one attached hydrogen (secondary N) is 1. The molecular weight excluding hydrogens is 276 g/mol. The van der Waals surface area contributed by atoms with E-state index in [1.165, 1.54) is 0 Å². The largest absolute Gasteiger partial charge is 0.433 e. The van der Waals surface area contributed by atoms with Gasteiger partial charge in [0.2, 0.25) is 0 Å². The average Bonchev–Trinajstić information content (AvgIpc) is 2.38. The molecule has 2 rings (SSSR count). The number of ether oxygens (including phenoxy) is 1.